The van der Waals surface area contributed by atoms with E-state index in [1.165, 1.54) is 7.05 Å². The fourth-order valence-corrected chi connectivity index (χ4v) is 3.65. The standard InChI is InChI=1S/C21H20F3NO8/c1-9(26)30-8-15-17(31-10(2)27)18(32-11(3)28)16-13-6-5-12(21(22,23)24)7-14(13)25(4)20(29)19(16)33-15/h5-7,15,17-18H,8H2,1-4H3/t15-,17-,18-/m1/s1. The molecular weight excluding hydrogens is 451 g/mol. The number of benzene rings is 1. The van der Waals surface area contributed by atoms with Crippen molar-refractivity contribution < 1.29 is 46.5 Å². The SMILES string of the molecule is CC(=O)OC[C@H]1Oc2c(c3ccc(C(F)(F)F)cc3n(C)c2=O)[C@@H](OC(C)=O)[C@@H]1OC(C)=O. The van der Waals surface area contributed by atoms with Crippen LogP contribution in [0.4, 0.5) is 13.2 Å². The van der Waals surface area contributed by atoms with Crippen molar-refractivity contribution in [2.24, 2.45) is 7.05 Å². The molecule has 0 N–H and O–H groups in total. The summed E-state index contributed by atoms with van der Waals surface area (Å²) >= 11 is 0. The molecule has 0 fully saturated rings. The predicted octanol–water partition coefficient (Wildman–Crippen LogP) is 2.42. The van der Waals surface area contributed by atoms with Gasteiger partial charge in [-0.2, -0.15) is 13.2 Å². The number of halogens is 3. The fraction of sp³-hybridized carbons (Fsp3) is 0.429. The number of esters is 3. The Morgan fingerprint density at radius 1 is 1.06 bits per heavy atom. The van der Waals surface area contributed by atoms with E-state index in [4.69, 9.17) is 18.9 Å². The lowest BCUT2D eigenvalue weighted by molar-refractivity contribution is -0.182. The largest absolute Gasteiger partial charge is 0.477 e. The van der Waals surface area contributed by atoms with Gasteiger partial charge in [0.05, 0.1) is 16.6 Å². The van der Waals surface area contributed by atoms with Gasteiger partial charge in [0.1, 0.15) is 6.61 Å². The van der Waals surface area contributed by atoms with Gasteiger partial charge in [-0.15, -0.1) is 0 Å². The van der Waals surface area contributed by atoms with Crippen LogP contribution in [0.2, 0.25) is 0 Å². The van der Waals surface area contributed by atoms with E-state index in [0.717, 1.165) is 43.5 Å². The molecule has 2 aromatic rings. The van der Waals surface area contributed by atoms with Crippen LogP contribution < -0.4 is 10.3 Å². The molecule has 3 rings (SSSR count). The van der Waals surface area contributed by atoms with Gasteiger partial charge in [0.2, 0.25) is 0 Å². The molecule has 0 unspecified atom stereocenters. The second-order valence-electron chi connectivity index (χ2n) is 7.40. The summed E-state index contributed by atoms with van der Waals surface area (Å²) in [7, 11) is 1.26. The third kappa shape index (κ3) is 4.78. The number of carbonyl (C=O) groups is 3. The molecule has 9 nitrogen and oxygen atoms in total. The third-order valence-electron chi connectivity index (χ3n) is 4.98. The normalized spacial score (nSPS) is 19.9. The van der Waals surface area contributed by atoms with Crippen LogP contribution >= 0.6 is 0 Å². The zero-order chi connectivity index (χ0) is 24.7. The van der Waals surface area contributed by atoms with Crippen molar-refractivity contribution in [2.45, 2.75) is 45.3 Å². The Kier molecular flexibility index (Phi) is 6.39. The summed E-state index contributed by atoms with van der Waals surface area (Å²) in [5.74, 6) is -2.60. The van der Waals surface area contributed by atoms with Crippen molar-refractivity contribution in [3.8, 4) is 5.75 Å². The molecule has 2 heterocycles. The molecule has 0 saturated carbocycles. The van der Waals surface area contributed by atoms with Gasteiger partial charge in [0, 0.05) is 33.2 Å². The number of aromatic nitrogens is 1. The van der Waals surface area contributed by atoms with E-state index in [2.05, 4.69) is 0 Å². The van der Waals surface area contributed by atoms with Crippen molar-refractivity contribution in [1.29, 1.82) is 0 Å². The number of fused-ring (bicyclic) bond motifs is 3. The number of ether oxygens (including phenoxy) is 4. The average Bonchev–Trinajstić information content (AvgIpc) is 2.70. The van der Waals surface area contributed by atoms with E-state index < -0.39 is 60.1 Å². The summed E-state index contributed by atoms with van der Waals surface area (Å²) in [5.41, 5.74) is -1.96. The van der Waals surface area contributed by atoms with Crippen LogP contribution in [0.15, 0.2) is 23.0 Å². The van der Waals surface area contributed by atoms with Crippen LogP contribution in [0, 0.1) is 0 Å². The summed E-state index contributed by atoms with van der Waals surface area (Å²) < 4.78 is 62.1. The molecule has 33 heavy (non-hydrogen) atoms. The van der Waals surface area contributed by atoms with Crippen LogP contribution in [0.5, 0.6) is 5.75 Å². The molecule has 12 heteroatoms. The first-order valence-corrected chi connectivity index (χ1v) is 9.69. The minimum Gasteiger partial charge on any atom is -0.477 e. The van der Waals surface area contributed by atoms with Gasteiger partial charge in [0.25, 0.3) is 5.56 Å². The summed E-state index contributed by atoms with van der Waals surface area (Å²) in [4.78, 5) is 48.0. The Morgan fingerprint density at radius 2 is 1.70 bits per heavy atom. The van der Waals surface area contributed by atoms with E-state index in [-0.39, 0.29) is 22.2 Å². The Morgan fingerprint density at radius 3 is 2.24 bits per heavy atom. The lowest BCUT2D eigenvalue weighted by atomic mass is 9.92. The average molecular weight is 471 g/mol. The Bertz CT molecular complexity index is 1190. The van der Waals surface area contributed by atoms with Gasteiger partial charge in [-0.3, -0.25) is 19.2 Å². The van der Waals surface area contributed by atoms with Gasteiger partial charge in [-0.1, -0.05) is 6.07 Å². The second-order valence-corrected chi connectivity index (χ2v) is 7.40. The van der Waals surface area contributed by atoms with Crippen molar-refractivity contribution in [1.82, 2.24) is 4.57 Å². The molecule has 1 aromatic carbocycles. The number of alkyl halides is 3. The third-order valence-corrected chi connectivity index (χ3v) is 4.98. The number of carbonyl (C=O) groups excluding carboxylic acids is 3. The van der Waals surface area contributed by atoms with E-state index in [0.29, 0.717) is 0 Å². The first-order valence-electron chi connectivity index (χ1n) is 9.69. The second kappa shape index (κ2) is 8.75. The fourth-order valence-electron chi connectivity index (χ4n) is 3.65. The van der Waals surface area contributed by atoms with Gasteiger partial charge in [-0.05, 0) is 12.1 Å². The minimum atomic E-state index is -4.67. The van der Waals surface area contributed by atoms with Crippen molar-refractivity contribution in [3.63, 3.8) is 0 Å². The number of hydrogen-bond acceptors (Lipinski definition) is 8. The number of nitrogens with zero attached hydrogens (tertiary/aromatic N) is 1. The molecule has 0 bridgehead atoms. The number of hydrogen-bond donors (Lipinski definition) is 0. The van der Waals surface area contributed by atoms with Crippen molar-refractivity contribution in [3.05, 3.63) is 39.7 Å². The molecule has 178 valence electrons. The molecule has 0 aliphatic carbocycles. The number of pyridine rings is 1. The zero-order valence-electron chi connectivity index (χ0n) is 18.0. The van der Waals surface area contributed by atoms with E-state index >= 15 is 0 Å². The highest BCUT2D eigenvalue weighted by atomic mass is 19.4. The first kappa shape index (κ1) is 24.1. The zero-order valence-corrected chi connectivity index (χ0v) is 18.0. The molecule has 0 saturated heterocycles. The maximum Gasteiger partial charge on any atom is 0.416 e. The van der Waals surface area contributed by atoms with Crippen molar-refractivity contribution >= 4 is 28.8 Å². The van der Waals surface area contributed by atoms with Gasteiger partial charge in [0.15, 0.2) is 24.1 Å². The maximum atomic E-state index is 13.3. The lowest BCUT2D eigenvalue weighted by Crippen LogP contribution is -2.49. The van der Waals surface area contributed by atoms with Crippen LogP contribution in [0.25, 0.3) is 10.9 Å². The van der Waals surface area contributed by atoms with Gasteiger partial charge >= 0.3 is 24.1 Å². The highest BCUT2D eigenvalue weighted by Gasteiger charge is 2.46. The summed E-state index contributed by atoms with van der Waals surface area (Å²) in [5, 5.41) is 0.120. The number of aryl methyl sites for hydroxylation is 1. The molecule has 3 atom stereocenters. The number of rotatable bonds is 4. The maximum absolute atomic E-state index is 13.3. The van der Waals surface area contributed by atoms with Crippen molar-refractivity contribution in [2.75, 3.05) is 6.61 Å². The topological polar surface area (TPSA) is 110 Å². The highest BCUT2D eigenvalue weighted by molar-refractivity contribution is 5.86. The quantitative estimate of drug-likeness (QED) is 0.494. The molecule has 1 aromatic heterocycles. The van der Waals surface area contributed by atoms with Crippen LogP contribution in [-0.2, 0) is 41.8 Å². The molecule has 1 aliphatic rings. The van der Waals surface area contributed by atoms with Gasteiger partial charge in [-0.25, -0.2) is 0 Å². The monoisotopic (exact) mass is 471 g/mol. The Hall–Kier alpha value is -3.57. The predicted molar refractivity (Wildman–Crippen MR) is 105 cm³/mol. The molecule has 0 amide bonds. The van der Waals surface area contributed by atoms with Crippen LogP contribution in [0.3, 0.4) is 0 Å². The van der Waals surface area contributed by atoms with Crippen LogP contribution in [-0.4, -0.2) is 41.3 Å². The Balaban J connectivity index is 2.31. The molecular formula is C21H20F3NO8. The van der Waals surface area contributed by atoms with E-state index in [1.807, 2.05) is 0 Å². The van der Waals surface area contributed by atoms with E-state index in [9.17, 15) is 32.3 Å². The lowest BCUT2D eigenvalue weighted by Gasteiger charge is -2.38. The molecule has 0 spiro atoms. The first-order chi connectivity index (χ1) is 15.3. The Labute approximate surface area is 185 Å². The van der Waals surface area contributed by atoms with Crippen LogP contribution in [0.1, 0.15) is 38.0 Å². The van der Waals surface area contributed by atoms with E-state index in [1.54, 1.807) is 0 Å². The molecule has 0 radical (unpaired) electrons. The van der Waals surface area contributed by atoms with Gasteiger partial charge < -0.3 is 23.5 Å². The summed E-state index contributed by atoms with van der Waals surface area (Å²) in [6.07, 6.45) is -8.66. The highest BCUT2D eigenvalue weighted by Crippen LogP contribution is 2.42. The smallest absolute Gasteiger partial charge is 0.416 e. The summed E-state index contributed by atoms with van der Waals surface area (Å²) in [6, 6.07) is 2.71. The summed E-state index contributed by atoms with van der Waals surface area (Å²) in [6.45, 7) is 2.84. The minimum absolute atomic E-state index is 0.0534. The molecule has 1 aliphatic heterocycles.